The van der Waals surface area contributed by atoms with Crippen LogP contribution in [0.1, 0.15) is 90.4 Å². The van der Waals surface area contributed by atoms with Crippen LogP contribution in [0.3, 0.4) is 0 Å². The van der Waals surface area contributed by atoms with Crippen molar-refractivity contribution in [1.82, 2.24) is 0 Å². The van der Waals surface area contributed by atoms with E-state index in [2.05, 4.69) is 6.92 Å². The van der Waals surface area contributed by atoms with E-state index < -0.39 is 21.8 Å². The molecule has 0 amide bonds. The highest BCUT2D eigenvalue weighted by Crippen LogP contribution is 2.12. The number of hydrogen-bond donors (Lipinski definition) is 1. The van der Waals surface area contributed by atoms with Crippen LogP contribution in [0.4, 0.5) is 0 Å². The third-order valence-electron chi connectivity index (χ3n) is 3.81. The van der Waals surface area contributed by atoms with E-state index in [0.29, 0.717) is 0 Å². The molecule has 0 atom stereocenters. The molecule has 0 spiro atoms. The normalized spacial score (nSPS) is 11.6. The van der Waals surface area contributed by atoms with Crippen molar-refractivity contribution in [3.05, 3.63) is 0 Å². The van der Waals surface area contributed by atoms with Gasteiger partial charge in [-0.1, -0.05) is 84.0 Å². The largest absolute Gasteiger partial charge is 0.465 e. The van der Waals surface area contributed by atoms with Crippen molar-refractivity contribution in [2.75, 3.05) is 12.4 Å². The van der Waals surface area contributed by atoms with Crippen LogP contribution in [-0.4, -0.2) is 31.3 Å². The zero-order valence-corrected chi connectivity index (χ0v) is 15.4. The summed E-state index contributed by atoms with van der Waals surface area (Å²) in [5, 5.41) is 0. The number of esters is 1. The van der Waals surface area contributed by atoms with E-state index >= 15 is 0 Å². The predicted molar refractivity (Wildman–Crippen MR) is 93.1 cm³/mol. The monoisotopic (exact) mass is 350 g/mol. The third kappa shape index (κ3) is 19.3. The highest BCUT2D eigenvalue weighted by Gasteiger charge is 2.13. The molecule has 0 aromatic carbocycles. The third-order valence-corrected chi connectivity index (χ3v) is 4.41. The first kappa shape index (κ1) is 22.4. The Labute approximate surface area is 141 Å². The lowest BCUT2D eigenvalue weighted by Crippen LogP contribution is -2.18. The number of carbonyl (C=O) groups excluding carboxylic acids is 1. The summed E-state index contributed by atoms with van der Waals surface area (Å²) in [6, 6.07) is 0. The molecule has 138 valence electrons. The van der Waals surface area contributed by atoms with E-state index in [4.69, 9.17) is 9.29 Å². The van der Waals surface area contributed by atoms with Crippen LogP contribution in [-0.2, 0) is 19.6 Å². The van der Waals surface area contributed by atoms with Crippen molar-refractivity contribution >= 4 is 16.1 Å². The molecule has 0 saturated carbocycles. The van der Waals surface area contributed by atoms with Gasteiger partial charge in [0.05, 0.1) is 6.61 Å². The van der Waals surface area contributed by atoms with Gasteiger partial charge in [0.25, 0.3) is 10.1 Å². The highest BCUT2D eigenvalue weighted by atomic mass is 32.2. The molecule has 0 aliphatic carbocycles. The van der Waals surface area contributed by atoms with Gasteiger partial charge >= 0.3 is 5.97 Å². The number of carbonyl (C=O) groups is 1. The second-order valence-electron chi connectivity index (χ2n) is 6.19. The van der Waals surface area contributed by atoms with Crippen LogP contribution >= 0.6 is 0 Å². The van der Waals surface area contributed by atoms with Crippen LogP contribution < -0.4 is 0 Å². The molecule has 0 radical (unpaired) electrons. The molecule has 0 fully saturated rings. The van der Waals surface area contributed by atoms with Gasteiger partial charge in [-0.25, -0.2) is 0 Å². The first-order valence-corrected chi connectivity index (χ1v) is 10.7. The summed E-state index contributed by atoms with van der Waals surface area (Å²) >= 11 is 0. The molecule has 0 aromatic rings. The Kier molecular flexibility index (Phi) is 14.5. The summed E-state index contributed by atoms with van der Waals surface area (Å²) < 4.78 is 34.1. The summed E-state index contributed by atoms with van der Waals surface area (Å²) in [7, 11) is -4.27. The second kappa shape index (κ2) is 14.9. The molecule has 0 aliphatic heterocycles. The maximum Gasteiger partial charge on any atom is 0.323 e. The van der Waals surface area contributed by atoms with Gasteiger partial charge in [-0.2, -0.15) is 8.42 Å². The van der Waals surface area contributed by atoms with Gasteiger partial charge in [0.15, 0.2) is 5.75 Å². The van der Waals surface area contributed by atoms with Crippen molar-refractivity contribution in [2.24, 2.45) is 0 Å². The minimum Gasteiger partial charge on any atom is -0.465 e. The lowest BCUT2D eigenvalue weighted by molar-refractivity contribution is -0.140. The van der Waals surface area contributed by atoms with Crippen molar-refractivity contribution in [3.8, 4) is 0 Å². The van der Waals surface area contributed by atoms with Crippen molar-refractivity contribution < 1.29 is 22.5 Å². The first-order valence-electron chi connectivity index (χ1n) is 9.06. The minimum absolute atomic E-state index is 0.228. The summed E-state index contributed by atoms with van der Waals surface area (Å²) in [6.45, 7) is 2.47. The minimum atomic E-state index is -4.27. The van der Waals surface area contributed by atoms with Crippen LogP contribution in [0.5, 0.6) is 0 Å². The molecule has 0 saturated heterocycles. The average molecular weight is 351 g/mol. The summed E-state index contributed by atoms with van der Waals surface area (Å²) in [4.78, 5) is 11.0. The van der Waals surface area contributed by atoms with Crippen molar-refractivity contribution in [2.45, 2.75) is 90.4 Å². The fraction of sp³-hybridized carbons (Fsp3) is 0.941. The van der Waals surface area contributed by atoms with E-state index in [1.54, 1.807) is 0 Å². The quantitative estimate of drug-likeness (QED) is 0.252. The van der Waals surface area contributed by atoms with Crippen LogP contribution in [0, 0.1) is 0 Å². The molecule has 0 aromatic heterocycles. The van der Waals surface area contributed by atoms with Gasteiger partial charge in [0, 0.05) is 0 Å². The van der Waals surface area contributed by atoms with Crippen molar-refractivity contribution in [3.63, 3.8) is 0 Å². The zero-order valence-electron chi connectivity index (χ0n) is 14.6. The maximum absolute atomic E-state index is 11.0. The first-order chi connectivity index (χ1) is 11.0. The topological polar surface area (TPSA) is 80.7 Å². The zero-order chi connectivity index (χ0) is 17.4. The van der Waals surface area contributed by atoms with Gasteiger partial charge in [0.2, 0.25) is 0 Å². The Morgan fingerprint density at radius 2 is 1.17 bits per heavy atom. The number of unbranched alkanes of at least 4 members (excludes halogenated alkanes) is 12. The van der Waals surface area contributed by atoms with E-state index in [-0.39, 0.29) is 6.61 Å². The van der Waals surface area contributed by atoms with Gasteiger partial charge in [0.1, 0.15) is 0 Å². The second-order valence-corrected chi connectivity index (χ2v) is 7.64. The average Bonchev–Trinajstić information content (AvgIpc) is 2.46. The molecular weight excluding hydrogens is 316 g/mol. The fourth-order valence-electron chi connectivity index (χ4n) is 2.50. The molecule has 5 nitrogen and oxygen atoms in total. The standard InChI is InChI=1S/C17H34O5S/c1-2-3-4-5-6-7-8-9-10-11-12-13-14-15-22-17(18)16-23(19,20)21/h2-16H2,1H3,(H,19,20,21). The maximum atomic E-state index is 11.0. The van der Waals surface area contributed by atoms with Crippen LogP contribution in [0.25, 0.3) is 0 Å². The molecular formula is C17H34O5S. The lowest BCUT2D eigenvalue weighted by Gasteiger charge is -2.04. The molecule has 6 heteroatoms. The number of ether oxygens (including phenoxy) is 1. The Bertz CT molecular complexity index is 378. The summed E-state index contributed by atoms with van der Waals surface area (Å²) in [6.07, 6.45) is 16.1. The van der Waals surface area contributed by atoms with Crippen LogP contribution in [0.15, 0.2) is 0 Å². The fourth-order valence-corrected chi connectivity index (χ4v) is 2.88. The van der Waals surface area contributed by atoms with Gasteiger partial charge in [-0.05, 0) is 6.42 Å². The molecule has 0 heterocycles. The van der Waals surface area contributed by atoms with E-state index in [9.17, 15) is 13.2 Å². The highest BCUT2D eigenvalue weighted by molar-refractivity contribution is 7.86. The molecule has 23 heavy (non-hydrogen) atoms. The molecule has 0 aliphatic rings. The molecule has 0 rings (SSSR count). The molecule has 0 unspecified atom stereocenters. The SMILES string of the molecule is CCCCCCCCCCCCCCCOC(=O)CS(=O)(=O)O. The van der Waals surface area contributed by atoms with Gasteiger partial charge in [-0.3, -0.25) is 9.35 Å². The number of hydrogen-bond acceptors (Lipinski definition) is 4. The van der Waals surface area contributed by atoms with Gasteiger partial charge in [-0.15, -0.1) is 0 Å². The lowest BCUT2D eigenvalue weighted by atomic mass is 10.0. The summed E-state index contributed by atoms with van der Waals surface area (Å²) in [5.41, 5.74) is 0. The Balaban J connectivity index is 3.18. The Morgan fingerprint density at radius 1 is 0.783 bits per heavy atom. The molecule has 1 N–H and O–H groups in total. The van der Waals surface area contributed by atoms with E-state index in [1.807, 2.05) is 0 Å². The van der Waals surface area contributed by atoms with Crippen molar-refractivity contribution in [1.29, 1.82) is 0 Å². The predicted octanol–water partition coefficient (Wildman–Crippen LogP) is 4.51. The summed E-state index contributed by atoms with van der Waals surface area (Å²) in [5.74, 6) is -1.84. The molecule has 0 bridgehead atoms. The Morgan fingerprint density at radius 3 is 1.57 bits per heavy atom. The van der Waals surface area contributed by atoms with E-state index in [1.165, 1.54) is 64.2 Å². The number of rotatable bonds is 16. The van der Waals surface area contributed by atoms with Crippen LogP contribution in [0.2, 0.25) is 0 Å². The van der Waals surface area contributed by atoms with E-state index in [0.717, 1.165) is 19.3 Å². The smallest absolute Gasteiger partial charge is 0.323 e. The van der Waals surface area contributed by atoms with Gasteiger partial charge < -0.3 is 4.74 Å². The Hall–Kier alpha value is -0.620.